The summed E-state index contributed by atoms with van der Waals surface area (Å²) in [5.41, 5.74) is -0.333. The van der Waals surface area contributed by atoms with Crippen molar-refractivity contribution in [1.82, 2.24) is 0 Å². The van der Waals surface area contributed by atoms with Crippen LogP contribution >= 0.6 is 0 Å². The second-order valence-corrected chi connectivity index (χ2v) is 7.04. The first-order chi connectivity index (χ1) is 12.0. The number of aliphatic carboxylic acids is 2. The van der Waals surface area contributed by atoms with E-state index < -0.39 is 17.4 Å². The van der Waals surface area contributed by atoms with Gasteiger partial charge in [0.2, 0.25) is 0 Å². The summed E-state index contributed by atoms with van der Waals surface area (Å²) in [6, 6.07) is 9.33. The fraction of sp³-hybridized carbons (Fsp3) is 0.619. The van der Waals surface area contributed by atoms with Crippen molar-refractivity contribution in [3.63, 3.8) is 0 Å². The van der Waals surface area contributed by atoms with Crippen LogP contribution in [0.2, 0.25) is 0 Å². The summed E-state index contributed by atoms with van der Waals surface area (Å²) in [5, 5.41) is 19.0. The minimum Gasteiger partial charge on any atom is -0.481 e. The lowest BCUT2D eigenvalue weighted by molar-refractivity contribution is -0.156. The van der Waals surface area contributed by atoms with Crippen molar-refractivity contribution in [2.45, 2.75) is 77.6 Å². The average Bonchev–Trinajstić information content (AvgIpc) is 2.57. The number of carboxylic acid groups (broad SMARTS) is 2. The topological polar surface area (TPSA) is 74.6 Å². The molecular weight excluding hydrogens is 316 g/mol. The zero-order valence-corrected chi connectivity index (χ0v) is 15.4. The summed E-state index contributed by atoms with van der Waals surface area (Å²) in [7, 11) is 0. The van der Waals surface area contributed by atoms with Gasteiger partial charge in [0.25, 0.3) is 0 Å². The van der Waals surface area contributed by atoms with E-state index in [1.54, 1.807) is 0 Å². The Morgan fingerprint density at radius 1 is 0.880 bits per heavy atom. The molecule has 0 radical (unpaired) electrons. The van der Waals surface area contributed by atoms with E-state index in [9.17, 15) is 19.8 Å². The van der Waals surface area contributed by atoms with Crippen molar-refractivity contribution in [3.8, 4) is 0 Å². The van der Waals surface area contributed by atoms with Crippen LogP contribution in [0.5, 0.6) is 0 Å². The molecule has 0 bridgehead atoms. The lowest BCUT2D eigenvalue weighted by Crippen LogP contribution is -2.36. The second-order valence-electron chi connectivity index (χ2n) is 7.04. The molecule has 0 saturated carbocycles. The number of unbranched alkanes of at least 4 members (excludes halogenated alkanes) is 7. The van der Waals surface area contributed by atoms with Gasteiger partial charge in [0.15, 0.2) is 0 Å². The second kappa shape index (κ2) is 11.7. The molecule has 2 N–H and O–H groups in total. The molecule has 0 heterocycles. The van der Waals surface area contributed by atoms with Gasteiger partial charge in [-0.15, -0.1) is 0 Å². The van der Waals surface area contributed by atoms with E-state index in [1.165, 1.54) is 32.1 Å². The van der Waals surface area contributed by atoms with Crippen molar-refractivity contribution in [2.24, 2.45) is 5.41 Å². The highest BCUT2D eigenvalue weighted by Gasteiger charge is 2.40. The number of rotatable bonds is 14. The molecule has 1 aromatic rings. The van der Waals surface area contributed by atoms with Gasteiger partial charge in [0.05, 0.1) is 11.8 Å². The lowest BCUT2D eigenvalue weighted by atomic mass is 9.74. The van der Waals surface area contributed by atoms with Crippen LogP contribution in [0, 0.1) is 5.41 Å². The predicted octanol–water partition coefficient (Wildman–Crippen LogP) is 5.31. The van der Waals surface area contributed by atoms with E-state index in [2.05, 4.69) is 6.92 Å². The maximum Gasteiger partial charge on any atom is 0.310 e. The van der Waals surface area contributed by atoms with Gasteiger partial charge in [-0.1, -0.05) is 88.6 Å². The van der Waals surface area contributed by atoms with Crippen LogP contribution < -0.4 is 0 Å². The van der Waals surface area contributed by atoms with Crippen LogP contribution in [-0.4, -0.2) is 22.2 Å². The Hall–Kier alpha value is -1.84. The van der Waals surface area contributed by atoms with Crippen molar-refractivity contribution in [1.29, 1.82) is 0 Å². The molecule has 0 saturated heterocycles. The molecule has 0 aliphatic heterocycles. The molecule has 0 fully saturated rings. The van der Waals surface area contributed by atoms with Crippen LogP contribution in [0.3, 0.4) is 0 Å². The Bertz CT molecular complexity index is 512. The quantitative estimate of drug-likeness (QED) is 0.447. The van der Waals surface area contributed by atoms with Crippen LogP contribution in [0.25, 0.3) is 0 Å². The minimum atomic E-state index is -1.21. The van der Waals surface area contributed by atoms with Gasteiger partial charge in [0.1, 0.15) is 0 Å². The number of hydrogen-bond donors (Lipinski definition) is 2. The van der Waals surface area contributed by atoms with Crippen molar-refractivity contribution in [3.05, 3.63) is 35.9 Å². The van der Waals surface area contributed by atoms with Gasteiger partial charge in [-0.3, -0.25) is 9.59 Å². The Morgan fingerprint density at radius 3 is 1.96 bits per heavy atom. The van der Waals surface area contributed by atoms with E-state index in [4.69, 9.17) is 0 Å². The highest BCUT2D eigenvalue weighted by Crippen LogP contribution is 2.34. The van der Waals surface area contributed by atoms with Gasteiger partial charge in [0, 0.05) is 0 Å². The Balaban J connectivity index is 2.58. The molecule has 4 heteroatoms. The van der Waals surface area contributed by atoms with E-state index in [-0.39, 0.29) is 12.8 Å². The molecule has 0 aliphatic carbocycles. The fourth-order valence-corrected chi connectivity index (χ4v) is 3.37. The lowest BCUT2D eigenvalue weighted by Gasteiger charge is -2.28. The predicted molar refractivity (Wildman–Crippen MR) is 99.7 cm³/mol. The summed E-state index contributed by atoms with van der Waals surface area (Å²) >= 11 is 0. The molecule has 0 spiro atoms. The van der Waals surface area contributed by atoms with Crippen molar-refractivity contribution in [2.75, 3.05) is 0 Å². The SMILES string of the molecule is CCCCCCCCCCC(CC(=O)O)(Cc1ccccc1)C(=O)O. The third kappa shape index (κ3) is 8.19. The van der Waals surface area contributed by atoms with Crippen LogP contribution in [0.1, 0.15) is 76.7 Å². The zero-order valence-electron chi connectivity index (χ0n) is 15.4. The molecule has 1 atom stereocenters. The van der Waals surface area contributed by atoms with E-state index >= 15 is 0 Å². The Morgan fingerprint density at radius 2 is 1.44 bits per heavy atom. The number of carbonyl (C=O) groups is 2. The average molecular weight is 348 g/mol. The summed E-state index contributed by atoms with van der Waals surface area (Å²) in [6.45, 7) is 2.20. The molecule has 0 aliphatic rings. The van der Waals surface area contributed by atoms with Gasteiger partial charge >= 0.3 is 11.9 Å². The standard InChI is InChI=1S/C21H32O4/c1-2-3-4-5-6-7-8-12-15-21(20(24)25,17-19(22)23)16-18-13-10-9-11-14-18/h9-11,13-14H,2-8,12,15-17H2,1H3,(H,22,23)(H,24,25). The maximum atomic E-state index is 11.9. The summed E-state index contributed by atoms with van der Waals surface area (Å²) in [5.74, 6) is -2.04. The normalized spacial score (nSPS) is 13.3. The van der Waals surface area contributed by atoms with Crippen molar-refractivity contribution < 1.29 is 19.8 Å². The minimum absolute atomic E-state index is 0.270. The van der Waals surface area contributed by atoms with E-state index in [1.807, 2.05) is 30.3 Å². The molecule has 0 amide bonds. The highest BCUT2D eigenvalue weighted by atomic mass is 16.4. The Kier molecular flexibility index (Phi) is 9.90. The van der Waals surface area contributed by atoms with Crippen LogP contribution in [0.4, 0.5) is 0 Å². The smallest absolute Gasteiger partial charge is 0.310 e. The molecule has 1 aromatic carbocycles. The summed E-state index contributed by atoms with van der Waals surface area (Å²) in [4.78, 5) is 23.2. The van der Waals surface area contributed by atoms with Crippen LogP contribution in [-0.2, 0) is 16.0 Å². The number of carboxylic acids is 2. The van der Waals surface area contributed by atoms with Gasteiger partial charge in [-0.2, -0.15) is 0 Å². The molecule has 4 nitrogen and oxygen atoms in total. The maximum absolute atomic E-state index is 11.9. The number of hydrogen-bond acceptors (Lipinski definition) is 2. The van der Waals surface area contributed by atoms with Crippen LogP contribution in [0.15, 0.2) is 30.3 Å². The van der Waals surface area contributed by atoms with E-state index in [0.29, 0.717) is 6.42 Å². The summed E-state index contributed by atoms with van der Waals surface area (Å²) in [6.07, 6.45) is 9.37. The van der Waals surface area contributed by atoms with Gasteiger partial charge in [-0.25, -0.2) is 0 Å². The molecule has 1 unspecified atom stereocenters. The molecule has 1 rings (SSSR count). The summed E-state index contributed by atoms with van der Waals surface area (Å²) < 4.78 is 0. The van der Waals surface area contributed by atoms with E-state index in [0.717, 1.165) is 24.8 Å². The van der Waals surface area contributed by atoms with Crippen molar-refractivity contribution >= 4 is 11.9 Å². The highest BCUT2D eigenvalue weighted by molar-refractivity contribution is 5.81. The molecule has 0 aromatic heterocycles. The first kappa shape index (κ1) is 21.2. The largest absolute Gasteiger partial charge is 0.481 e. The van der Waals surface area contributed by atoms with Gasteiger partial charge in [-0.05, 0) is 18.4 Å². The number of benzene rings is 1. The Labute approximate surface area is 151 Å². The fourth-order valence-electron chi connectivity index (χ4n) is 3.37. The first-order valence-corrected chi connectivity index (χ1v) is 9.49. The third-order valence-electron chi connectivity index (χ3n) is 4.84. The third-order valence-corrected chi connectivity index (χ3v) is 4.84. The molecule has 25 heavy (non-hydrogen) atoms. The van der Waals surface area contributed by atoms with Gasteiger partial charge < -0.3 is 10.2 Å². The molecule has 140 valence electrons. The first-order valence-electron chi connectivity index (χ1n) is 9.49. The monoisotopic (exact) mass is 348 g/mol. The molecular formula is C21H32O4. The zero-order chi connectivity index (χ0) is 18.5.